The Morgan fingerprint density at radius 3 is 2.58 bits per heavy atom. The first-order chi connectivity index (χ1) is 5.63. The molecule has 0 spiro atoms. The summed E-state index contributed by atoms with van der Waals surface area (Å²) in [5.41, 5.74) is 5.56. The van der Waals surface area contributed by atoms with E-state index < -0.39 is 6.10 Å². The first-order valence-corrected chi connectivity index (χ1v) is 4.12. The van der Waals surface area contributed by atoms with Gasteiger partial charge in [-0.1, -0.05) is 0 Å². The quantitative estimate of drug-likeness (QED) is 0.613. The molecule has 1 saturated carbocycles. The van der Waals surface area contributed by atoms with Crippen LogP contribution in [0.5, 0.6) is 0 Å². The number of esters is 1. The summed E-state index contributed by atoms with van der Waals surface area (Å²) in [6.45, 7) is 1.69. The second-order valence-corrected chi connectivity index (χ2v) is 3.15. The Kier molecular flexibility index (Phi) is 3.05. The Labute approximate surface area is 72.0 Å². The van der Waals surface area contributed by atoms with Crippen molar-refractivity contribution in [3.05, 3.63) is 0 Å². The average Bonchev–Trinajstić information content (AvgIpc) is 2.00. The number of carbonyl (C=O) groups is 1. The summed E-state index contributed by atoms with van der Waals surface area (Å²) in [5, 5.41) is 0. The summed E-state index contributed by atoms with van der Waals surface area (Å²) in [7, 11) is 1.36. The lowest BCUT2D eigenvalue weighted by molar-refractivity contribution is -0.160. The fourth-order valence-electron chi connectivity index (χ4n) is 1.23. The van der Waals surface area contributed by atoms with Crippen molar-refractivity contribution in [2.75, 3.05) is 7.11 Å². The van der Waals surface area contributed by atoms with Crippen molar-refractivity contribution in [1.82, 2.24) is 0 Å². The van der Waals surface area contributed by atoms with Gasteiger partial charge in [0.05, 0.1) is 13.2 Å². The van der Waals surface area contributed by atoms with Crippen LogP contribution in [0.15, 0.2) is 0 Å². The summed E-state index contributed by atoms with van der Waals surface area (Å²) in [5.74, 6) is -0.324. The van der Waals surface area contributed by atoms with Crippen LogP contribution >= 0.6 is 0 Å². The van der Waals surface area contributed by atoms with Gasteiger partial charge in [0.15, 0.2) is 6.10 Å². The van der Waals surface area contributed by atoms with E-state index in [0.29, 0.717) is 0 Å². The summed E-state index contributed by atoms with van der Waals surface area (Å²) < 4.78 is 9.87. The van der Waals surface area contributed by atoms with Gasteiger partial charge >= 0.3 is 5.97 Å². The van der Waals surface area contributed by atoms with Crippen molar-refractivity contribution in [2.45, 2.75) is 38.0 Å². The van der Waals surface area contributed by atoms with Crippen LogP contribution in [0.1, 0.15) is 19.8 Å². The van der Waals surface area contributed by atoms with Crippen LogP contribution in [0, 0.1) is 0 Å². The Balaban J connectivity index is 2.18. The van der Waals surface area contributed by atoms with Gasteiger partial charge in [0.1, 0.15) is 0 Å². The van der Waals surface area contributed by atoms with Crippen LogP contribution < -0.4 is 5.73 Å². The van der Waals surface area contributed by atoms with Crippen molar-refractivity contribution in [3.8, 4) is 0 Å². The maximum absolute atomic E-state index is 10.9. The van der Waals surface area contributed by atoms with E-state index in [0.717, 1.165) is 12.8 Å². The van der Waals surface area contributed by atoms with Crippen LogP contribution in [-0.4, -0.2) is 31.3 Å². The molecule has 12 heavy (non-hydrogen) atoms. The van der Waals surface area contributed by atoms with E-state index >= 15 is 0 Å². The van der Waals surface area contributed by atoms with Gasteiger partial charge in [-0.25, -0.2) is 4.79 Å². The molecular formula is C8H15NO3. The van der Waals surface area contributed by atoms with Gasteiger partial charge in [0.2, 0.25) is 0 Å². The number of methoxy groups -OCH3 is 1. The molecule has 1 unspecified atom stereocenters. The van der Waals surface area contributed by atoms with Gasteiger partial charge in [0, 0.05) is 6.04 Å². The zero-order valence-corrected chi connectivity index (χ0v) is 7.45. The molecule has 4 nitrogen and oxygen atoms in total. The molecule has 0 aromatic rings. The SMILES string of the molecule is COC(=O)C(C)OC1CC(N)C1. The van der Waals surface area contributed by atoms with Crippen molar-refractivity contribution in [2.24, 2.45) is 5.73 Å². The number of nitrogens with two attached hydrogens (primary N) is 1. The lowest BCUT2D eigenvalue weighted by Crippen LogP contribution is -2.44. The van der Waals surface area contributed by atoms with E-state index in [4.69, 9.17) is 10.5 Å². The molecule has 0 aliphatic heterocycles. The summed E-state index contributed by atoms with van der Waals surface area (Å²) in [6.07, 6.45) is 1.38. The molecule has 70 valence electrons. The van der Waals surface area contributed by atoms with Crippen molar-refractivity contribution in [3.63, 3.8) is 0 Å². The minimum absolute atomic E-state index is 0.147. The van der Waals surface area contributed by atoms with Crippen LogP contribution in [0.25, 0.3) is 0 Å². The number of rotatable bonds is 3. The molecule has 0 radical (unpaired) electrons. The lowest BCUT2D eigenvalue weighted by Gasteiger charge is -2.33. The Hall–Kier alpha value is -0.610. The number of hydrogen-bond acceptors (Lipinski definition) is 4. The molecule has 0 aromatic carbocycles. The second-order valence-electron chi connectivity index (χ2n) is 3.15. The van der Waals surface area contributed by atoms with E-state index in [1.807, 2.05) is 0 Å². The fraction of sp³-hybridized carbons (Fsp3) is 0.875. The normalized spacial score (nSPS) is 30.6. The van der Waals surface area contributed by atoms with Crippen LogP contribution in [0.4, 0.5) is 0 Å². The smallest absolute Gasteiger partial charge is 0.334 e. The molecule has 0 saturated heterocycles. The maximum Gasteiger partial charge on any atom is 0.334 e. The van der Waals surface area contributed by atoms with E-state index in [1.54, 1.807) is 6.92 Å². The third-order valence-electron chi connectivity index (χ3n) is 2.06. The molecule has 1 fully saturated rings. The topological polar surface area (TPSA) is 61.5 Å². The first-order valence-electron chi connectivity index (χ1n) is 4.12. The standard InChI is InChI=1S/C8H15NO3/c1-5(8(10)11-2)12-7-3-6(9)4-7/h5-7H,3-4,9H2,1-2H3. The molecular weight excluding hydrogens is 158 g/mol. The highest BCUT2D eigenvalue weighted by Gasteiger charge is 2.30. The van der Waals surface area contributed by atoms with E-state index in [1.165, 1.54) is 7.11 Å². The van der Waals surface area contributed by atoms with Crippen LogP contribution in [0.2, 0.25) is 0 Å². The predicted octanol–water partition coefficient (Wildman–Crippen LogP) is 0.0542. The van der Waals surface area contributed by atoms with Crippen molar-refractivity contribution >= 4 is 5.97 Å². The minimum Gasteiger partial charge on any atom is -0.467 e. The highest BCUT2D eigenvalue weighted by Crippen LogP contribution is 2.22. The number of hydrogen-bond donors (Lipinski definition) is 1. The molecule has 1 aliphatic rings. The second kappa shape index (κ2) is 3.87. The van der Waals surface area contributed by atoms with Gasteiger partial charge in [-0.2, -0.15) is 0 Å². The van der Waals surface area contributed by atoms with Gasteiger partial charge in [-0.05, 0) is 19.8 Å². The Morgan fingerprint density at radius 2 is 2.17 bits per heavy atom. The summed E-state index contributed by atoms with van der Waals surface area (Å²) in [6, 6.07) is 0.250. The Morgan fingerprint density at radius 1 is 1.58 bits per heavy atom. The summed E-state index contributed by atoms with van der Waals surface area (Å²) >= 11 is 0. The van der Waals surface area contributed by atoms with Gasteiger partial charge in [-0.15, -0.1) is 0 Å². The van der Waals surface area contributed by atoms with Gasteiger partial charge in [0.25, 0.3) is 0 Å². The zero-order valence-electron chi connectivity index (χ0n) is 7.45. The van der Waals surface area contributed by atoms with Crippen molar-refractivity contribution < 1.29 is 14.3 Å². The van der Waals surface area contributed by atoms with Crippen molar-refractivity contribution in [1.29, 1.82) is 0 Å². The third-order valence-corrected chi connectivity index (χ3v) is 2.06. The monoisotopic (exact) mass is 173 g/mol. The number of ether oxygens (including phenoxy) is 2. The summed E-state index contributed by atoms with van der Waals surface area (Å²) in [4.78, 5) is 10.9. The number of carbonyl (C=O) groups excluding carboxylic acids is 1. The molecule has 1 atom stereocenters. The molecule has 1 rings (SSSR count). The molecule has 0 amide bonds. The Bertz CT molecular complexity index is 166. The molecule has 4 heteroatoms. The highest BCUT2D eigenvalue weighted by atomic mass is 16.6. The van der Waals surface area contributed by atoms with E-state index in [-0.39, 0.29) is 18.1 Å². The molecule has 0 bridgehead atoms. The van der Waals surface area contributed by atoms with E-state index in [9.17, 15) is 4.79 Å². The largest absolute Gasteiger partial charge is 0.467 e. The lowest BCUT2D eigenvalue weighted by atomic mass is 9.90. The highest BCUT2D eigenvalue weighted by molar-refractivity contribution is 5.73. The maximum atomic E-state index is 10.9. The van der Waals surface area contributed by atoms with Crippen LogP contribution in [0.3, 0.4) is 0 Å². The first kappa shape index (κ1) is 9.48. The average molecular weight is 173 g/mol. The molecule has 1 aliphatic carbocycles. The van der Waals surface area contributed by atoms with Gasteiger partial charge in [-0.3, -0.25) is 0 Å². The fourth-order valence-corrected chi connectivity index (χ4v) is 1.23. The third kappa shape index (κ3) is 2.19. The molecule has 0 heterocycles. The van der Waals surface area contributed by atoms with Gasteiger partial charge < -0.3 is 15.2 Å². The van der Waals surface area contributed by atoms with Crippen LogP contribution in [-0.2, 0) is 14.3 Å². The minimum atomic E-state index is -0.465. The predicted molar refractivity (Wildman–Crippen MR) is 43.6 cm³/mol. The molecule has 0 aromatic heterocycles. The van der Waals surface area contributed by atoms with E-state index in [2.05, 4.69) is 4.74 Å². The molecule has 2 N–H and O–H groups in total. The zero-order chi connectivity index (χ0) is 9.14.